The van der Waals surface area contributed by atoms with E-state index in [-0.39, 0.29) is 0 Å². The van der Waals surface area contributed by atoms with Gasteiger partial charge in [-0.3, -0.25) is 0 Å². The zero-order valence-corrected chi connectivity index (χ0v) is 33.0. The first-order chi connectivity index (χ1) is 30.2. The second-order valence-electron chi connectivity index (χ2n) is 15.9. The predicted octanol–water partition coefficient (Wildman–Crippen LogP) is 13.9. The van der Waals surface area contributed by atoms with E-state index in [0.717, 1.165) is 79.4 Å². The molecule has 0 N–H and O–H groups in total. The molecule has 0 radical (unpaired) electrons. The van der Waals surface area contributed by atoms with Gasteiger partial charge in [-0.1, -0.05) is 127 Å². The normalized spacial score (nSPS) is 12.7. The number of nitrogens with zero attached hydrogens (tertiary/aromatic N) is 5. The van der Waals surface area contributed by atoms with Gasteiger partial charge in [0.1, 0.15) is 11.2 Å². The Morgan fingerprint density at radius 1 is 0.459 bits per heavy atom. The van der Waals surface area contributed by atoms with Crippen LogP contribution in [0.2, 0.25) is 0 Å². The van der Waals surface area contributed by atoms with Gasteiger partial charge in [0.15, 0.2) is 17.5 Å². The number of fused-ring (bicyclic) bond motifs is 10. The molecule has 0 fully saturated rings. The summed E-state index contributed by atoms with van der Waals surface area (Å²) in [5.41, 5.74) is 12.2. The Labute approximate surface area is 350 Å². The maximum atomic E-state index is 6.63. The average Bonchev–Trinajstić information content (AvgIpc) is 3.98. The molecule has 0 saturated heterocycles. The van der Waals surface area contributed by atoms with Crippen LogP contribution in [0.15, 0.2) is 186 Å². The summed E-state index contributed by atoms with van der Waals surface area (Å²) in [4.78, 5) is 16.3. The van der Waals surface area contributed by atoms with Crippen molar-refractivity contribution >= 4 is 71.5 Å². The molecule has 4 heterocycles. The van der Waals surface area contributed by atoms with E-state index in [1.165, 1.54) is 38.2 Å². The fourth-order valence-electron chi connectivity index (χ4n) is 9.68. The molecular formula is C55H35N5O. The summed E-state index contributed by atoms with van der Waals surface area (Å²) in [6, 6.07) is 62.0. The zero-order valence-electron chi connectivity index (χ0n) is 33.0. The lowest BCUT2D eigenvalue weighted by Gasteiger charge is -2.16. The molecule has 8 aromatic carbocycles. The molecule has 12 aromatic rings. The molecule has 1 aliphatic rings. The Balaban J connectivity index is 1.16. The molecule has 1 aliphatic carbocycles. The van der Waals surface area contributed by atoms with Gasteiger partial charge in [-0.05, 0) is 83.8 Å². The molecular weight excluding hydrogens is 747 g/mol. The van der Waals surface area contributed by atoms with E-state index in [0.29, 0.717) is 17.5 Å². The lowest BCUT2D eigenvalue weighted by atomic mass is 10.00. The van der Waals surface area contributed by atoms with Gasteiger partial charge < -0.3 is 13.6 Å². The Hall–Kier alpha value is -8.09. The van der Waals surface area contributed by atoms with E-state index in [1.54, 1.807) is 0 Å². The third kappa shape index (κ3) is 5.19. The maximum absolute atomic E-state index is 6.63. The van der Waals surface area contributed by atoms with Gasteiger partial charge in [0.2, 0.25) is 0 Å². The minimum atomic E-state index is 0.581. The molecule has 0 saturated carbocycles. The van der Waals surface area contributed by atoms with Gasteiger partial charge in [-0.15, -0.1) is 0 Å². The highest BCUT2D eigenvalue weighted by Crippen LogP contribution is 2.43. The number of rotatable bonds is 5. The number of aryl methyl sites for hydroxylation is 1. The monoisotopic (exact) mass is 781 g/mol. The van der Waals surface area contributed by atoms with Crippen molar-refractivity contribution in [2.75, 3.05) is 0 Å². The van der Waals surface area contributed by atoms with Gasteiger partial charge in [-0.2, -0.15) is 0 Å². The first kappa shape index (κ1) is 33.8. The van der Waals surface area contributed by atoms with Crippen molar-refractivity contribution in [3.05, 3.63) is 193 Å². The van der Waals surface area contributed by atoms with Crippen LogP contribution in [0.4, 0.5) is 0 Å². The second-order valence-corrected chi connectivity index (χ2v) is 15.9. The number of hydrogen-bond donors (Lipinski definition) is 0. The van der Waals surface area contributed by atoms with Crippen LogP contribution >= 0.6 is 0 Å². The smallest absolute Gasteiger partial charge is 0.166 e. The minimum Gasteiger partial charge on any atom is -0.456 e. The van der Waals surface area contributed by atoms with Crippen LogP contribution < -0.4 is 0 Å². The summed E-state index contributed by atoms with van der Waals surface area (Å²) in [6.45, 7) is 0. The molecule has 0 unspecified atom stereocenters. The highest BCUT2D eigenvalue weighted by Gasteiger charge is 2.26. The Kier molecular flexibility index (Phi) is 7.33. The number of hydrogen-bond acceptors (Lipinski definition) is 4. The van der Waals surface area contributed by atoms with E-state index in [1.807, 2.05) is 30.3 Å². The van der Waals surface area contributed by atoms with Crippen LogP contribution in [0.3, 0.4) is 0 Å². The fraction of sp³-hybridized carbons (Fsp3) is 0.0364. The van der Waals surface area contributed by atoms with Crippen LogP contribution in [0.1, 0.15) is 17.7 Å². The number of aromatic nitrogens is 5. The molecule has 0 bridgehead atoms. The van der Waals surface area contributed by atoms with Crippen molar-refractivity contribution in [2.24, 2.45) is 0 Å². The third-order valence-corrected chi connectivity index (χ3v) is 12.4. The van der Waals surface area contributed by atoms with E-state index in [2.05, 4.69) is 167 Å². The number of allylic oxidation sites excluding steroid dienone is 1. The minimum absolute atomic E-state index is 0.581. The summed E-state index contributed by atoms with van der Waals surface area (Å²) in [6.07, 6.45) is 6.53. The van der Waals surface area contributed by atoms with Crippen LogP contribution in [0.5, 0.6) is 0 Å². The van der Waals surface area contributed by atoms with E-state index < -0.39 is 0 Å². The molecule has 286 valence electrons. The third-order valence-electron chi connectivity index (χ3n) is 12.4. The lowest BCUT2D eigenvalue weighted by molar-refractivity contribution is 0.668. The molecule has 0 spiro atoms. The molecule has 6 nitrogen and oxygen atoms in total. The van der Waals surface area contributed by atoms with Crippen molar-refractivity contribution in [3.8, 4) is 45.5 Å². The van der Waals surface area contributed by atoms with E-state index in [4.69, 9.17) is 19.4 Å². The van der Waals surface area contributed by atoms with Gasteiger partial charge in [-0.25, -0.2) is 15.0 Å². The second kappa shape index (κ2) is 13.2. The van der Waals surface area contributed by atoms with Crippen molar-refractivity contribution in [3.63, 3.8) is 0 Å². The van der Waals surface area contributed by atoms with Gasteiger partial charge in [0.05, 0.1) is 22.2 Å². The molecule has 4 aromatic heterocycles. The van der Waals surface area contributed by atoms with Crippen LogP contribution in [-0.4, -0.2) is 24.1 Å². The van der Waals surface area contributed by atoms with Gasteiger partial charge in [0, 0.05) is 61.1 Å². The fourth-order valence-corrected chi connectivity index (χ4v) is 9.68. The molecule has 0 amide bonds. The predicted molar refractivity (Wildman–Crippen MR) is 249 cm³/mol. The highest BCUT2D eigenvalue weighted by atomic mass is 16.3. The lowest BCUT2D eigenvalue weighted by Crippen LogP contribution is -2.05. The van der Waals surface area contributed by atoms with Crippen LogP contribution in [0.25, 0.3) is 117 Å². The molecule has 0 aliphatic heterocycles. The van der Waals surface area contributed by atoms with Crippen molar-refractivity contribution in [1.82, 2.24) is 24.1 Å². The first-order valence-corrected chi connectivity index (χ1v) is 20.8. The van der Waals surface area contributed by atoms with Gasteiger partial charge in [0.25, 0.3) is 0 Å². The molecule has 61 heavy (non-hydrogen) atoms. The Bertz CT molecular complexity index is 3760. The quantitative estimate of drug-likeness (QED) is 0.174. The summed E-state index contributed by atoms with van der Waals surface area (Å²) in [5, 5.41) is 7.99. The molecule has 6 heteroatoms. The molecule has 13 rings (SSSR count). The standard InChI is InChI=1S/C55H35N5O/c1-3-16-34(17-4-1)53-56-54(42-26-15-25-41-38-22-9-12-27-46(38)59(52(41)42)37-20-5-2-6-21-37)58-55(57-53)45-32-44-40-24-11-14-29-50(40)61-51(44)33-49(45)60-47-28-13-10-23-39(47)43-30-35-18-7-8-19-36(35)31-48(43)60/h1-8,10-21,23-33H,9,22H2. The van der Waals surface area contributed by atoms with Crippen molar-refractivity contribution < 1.29 is 4.42 Å². The highest BCUT2D eigenvalue weighted by molar-refractivity contribution is 6.15. The van der Waals surface area contributed by atoms with E-state index >= 15 is 0 Å². The number of para-hydroxylation sites is 4. The summed E-state index contributed by atoms with van der Waals surface area (Å²) < 4.78 is 11.4. The van der Waals surface area contributed by atoms with Crippen LogP contribution in [-0.2, 0) is 6.42 Å². The SMILES string of the molecule is C1=Cc2c(c3cccc(-c4nc(-c5ccccc5)nc(-c5cc6c(cc5-n5c7ccccc7c7cc8ccccc8cc75)oc5ccccc56)n4)c3n2-c2ccccc2)CC1. The van der Waals surface area contributed by atoms with Gasteiger partial charge >= 0.3 is 0 Å². The Morgan fingerprint density at radius 3 is 2.00 bits per heavy atom. The van der Waals surface area contributed by atoms with Crippen LogP contribution in [0, 0.1) is 0 Å². The number of benzene rings is 8. The summed E-state index contributed by atoms with van der Waals surface area (Å²) in [5.74, 6) is 1.80. The summed E-state index contributed by atoms with van der Waals surface area (Å²) in [7, 11) is 0. The Morgan fingerprint density at radius 2 is 1.15 bits per heavy atom. The summed E-state index contributed by atoms with van der Waals surface area (Å²) >= 11 is 0. The van der Waals surface area contributed by atoms with Crippen molar-refractivity contribution in [2.45, 2.75) is 12.8 Å². The average molecular weight is 782 g/mol. The number of furan rings is 1. The largest absolute Gasteiger partial charge is 0.456 e. The topological polar surface area (TPSA) is 61.7 Å². The first-order valence-electron chi connectivity index (χ1n) is 20.8. The van der Waals surface area contributed by atoms with E-state index in [9.17, 15) is 0 Å². The van der Waals surface area contributed by atoms with Crippen molar-refractivity contribution in [1.29, 1.82) is 0 Å². The maximum Gasteiger partial charge on any atom is 0.166 e. The molecule has 0 atom stereocenters. The zero-order chi connectivity index (χ0) is 40.0.